The van der Waals surface area contributed by atoms with Crippen LogP contribution in [-0.2, 0) is 9.47 Å². The number of aliphatic hydroxyl groups excluding tert-OH is 3. The second-order valence-corrected chi connectivity index (χ2v) is 8.78. The Balaban J connectivity index is 1.38. The standard InChI is InChI=1S/C27H26O12/c28-16-7-14(8-17(29)11-16)2-1-13-3-5-18(6-4-13)38-27-25(35)24(34)23(33)21(39-27)12-37-26(36)15-9-19(30)22(32)20(31)10-15/h1-11,21,23-25,27-35H,12H2/b2-1-/t21-,23-,24+,25-,27-/m1/s1. The molecule has 0 radical (unpaired) electrons. The first-order chi connectivity index (χ1) is 18.5. The zero-order valence-electron chi connectivity index (χ0n) is 20.2. The summed E-state index contributed by atoms with van der Waals surface area (Å²) in [7, 11) is 0. The van der Waals surface area contributed by atoms with Crippen molar-refractivity contribution in [3.8, 4) is 34.5 Å². The summed E-state index contributed by atoms with van der Waals surface area (Å²) in [6, 6.07) is 12.4. The zero-order chi connectivity index (χ0) is 28.3. The molecule has 1 aliphatic rings. The van der Waals surface area contributed by atoms with Gasteiger partial charge in [0.05, 0.1) is 5.56 Å². The van der Waals surface area contributed by atoms with Crippen molar-refractivity contribution in [3.05, 3.63) is 71.3 Å². The quantitative estimate of drug-likeness (QED) is 0.121. The topological polar surface area (TPSA) is 207 Å². The van der Waals surface area contributed by atoms with Gasteiger partial charge in [0.15, 0.2) is 17.2 Å². The van der Waals surface area contributed by atoms with Crippen LogP contribution in [0.25, 0.3) is 12.2 Å². The van der Waals surface area contributed by atoms with E-state index in [4.69, 9.17) is 14.2 Å². The first kappa shape index (κ1) is 27.5. The number of aliphatic hydroxyl groups is 3. The molecule has 0 aliphatic carbocycles. The minimum absolute atomic E-state index is 0.0799. The summed E-state index contributed by atoms with van der Waals surface area (Å²) >= 11 is 0. The first-order valence-corrected chi connectivity index (χ1v) is 11.6. The molecule has 0 amide bonds. The number of hydrogen-bond acceptors (Lipinski definition) is 12. The summed E-state index contributed by atoms with van der Waals surface area (Å²) in [6.45, 7) is -0.583. The van der Waals surface area contributed by atoms with Gasteiger partial charge in [-0.05, 0) is 47.5 Å². The van der Waals surface area contributed by atoms with E-state index in [-0.39, 0.29) is 22.8 Å². The predicted octanol–water partition coefficient (Wildman–Crippen LogP) is 1.43. The number of rotatable bonds is 7. The lowest BCUT2D eigenvalue weighted by molar-refractivity contribution is -0.277. The summed E-state index contributed by atoms with van der Waals surface area (Å²) in [5.41, 5.74) is 1.02. The highest BCUT2D eigenvalue weighted by Crippen LogP contribution is 2.35. The number of phenols is 5. The van der Waals surface area contributed by atoms with Crippen LogP contribution in [0.4, 0.5) is 0 Å². The average molecular weight is 542 g/mol. The van der Waals surface area contributed by atoms with Crippen molar-refractivity contribution in [3.63, 3.8) is 0 Å². The van der Waals surface area contributed by atoms with Crippen LogP contribution in [0.2, 0.25) is 0 Å². The Bertz CT molecular complexity index is 1310. The molecule has 0 unspecified atom stereocenters. The van der Waals surface area contributed by atoms with Gasteiger partial charge in [0.25, 0.3) is 0 Å². The Morgan fingerprint density at radius 1 is 0.769 bits per heavy atom. The molecular formula is C27H26O12. The molecule has 0 saturated carbocycles. The molecule has 12 nitrogen and oxygen atoms in total. The predicted molar refractivity (Wildman–Crippen MR) is 134 cm³/mol. The molecule has 1 heterocycles. The second kappa shape index (κ2) is 11.5. The monoisotopic (exact) mass is 542 g/mol. The molecule has 0 aromatic heterocycles. The van der Waals surface area contributed by atoms with Crippen molar-refractivity contribution in [2.75, 3.05) is 6.61 Å². The van der Waals surface area contributed by atoms with Crippen LogP contribution in [0.3, 0.4) is 0 Å². The molecule has 1 aliphatic heterocycles. The number of ether oxygens (including phenoxy) is 3. The maximum absolute atomic E-state index is 12.3. The van der Waals surface area contributed by atoms with Crippen LogP contribution in [0.5, 0.6) is 34.5 Å². The average Bonchev–Trinajstić information content (AvgIpc) is 2.90. The van der Waals surface area contributed by atoms with Gasteiger partial charge in [0, 0.05) is 6.07 Å². The van der Waals surface area contributed by atoms with Crippen molar-refractivity contribution < 1.29 is 59.9 Å². The van der Waals surface area contributed by atoms with Crippen molar-refractivity contribution in [2.24, 2.45) is 0 Å². The van der Waals surface area contributed by atoms with Gasteiger partial charge >= 0.3 is 5.97 Å². The molecule has 1 saturated heterocycles. The molecule has 1 fully saturated rings. The normalized spacial score (nSPS) is 23.0. The maximum atomic E-state index is 12.3. The first-order valence-electron chi connectivity index (χ1n) is 11.6. The van der Waals surface area contributed by atoms with E-state index >= 15 is 0 Å². The Labute approximate surface area is 221 Å². The summed E-state index contributed by atoms with van der Waals surface area (Å²) in [5.74, 6) is -3.24. The molecule has 12 heteroatoms. The van der Waals surface area contributed by atoms with Crippen molar-refractivity contribution in [1.82, 2.24) is 0 Å². The van der Waals surface area contributed by atoms with Gasteiger partial charge in [-0.3, -0.25) is 0 Å². The van der Waals surface area contributed by atoms with E-state index in [0.29, 0.717) is 5.56 Å². The third kappa shape index (κ3) is 6.51. The van der Waals surface area contributed by atoms with Crippen LogP contribution in [0.15, 0.2) is 54.6 Å². The summed E-state index contributed by atoms with van der Waals surface area (Å²) in [5, 5.41) is 78.6. The van der Waals surface area contributed by atoms with Crippen LogP contribution < -0.4 is 4.74 Å². The molecule has 5 atom stereocenters. The number of benzene rings is 3. The highest BCUT2D eigenvalue weighted by Gasteiger charge is 2.45. The van der Waals surface area contributed by atoms with Gasteiger partial charge < -0.3 is 55.1 Å². The van der Waals surface area contributed by atoms with Crippen LogP contribution in [0.1, 0.15) is 21.5 Å². The Morgan fingerprint density at radius 3 is 1.97 bits per heavy atom. The largest absolute Gasteiger partial charge is 0.508 e. The molecule has 0 spiro atoms. The number of hydrogen-bond donors (Lipinski definition) is 8. The van der Waals surface area contributed by atoms with E-state index in [1.807, 2.05) is 0 Å². The van der Waals surface area contributed by atoms with Gasteiger partial charge in [-0.2, -0.15) is 0 Å². The van der Waals surface area contributed by atoms with E-state index in [1.54, 1.807) is 36.4 Å². The SMILES string of the molecule is O=C(OC[C@H]1O[C@@H](Oc2ccc(/C=C\c3cc(O)cc(O)c3)cc2)[C@H](O)[C@@H](O)[C@@H]1O)c1cc(O)c(O)c(O)c1. The maximum Gasteiger partial charge on any atom is 0.338 e. The summed E-state index contributed by atoms with van der Waals surface area (Å²) in [6.07, 6.45) is -4.33. The number of phenolic OH excluding ortho intramolecular Hbond substituents is 5. The fourth-order valence-corrected chi connectivity index (χ4v) is 3.81. The molecule has 0 bridgehead atoms. The second-order valence-electron chi connectivity index (χ2n) is 8.78. The van der Waals surface area contributed by atoms with E-state index in [1.165, 1.54) is 18.2 Å². The van der Waals surface area contributed by atoms with Gasteiger partial charge in [-0.1, -0.05) is 24.3 Å². The fourth-order valence-electron chi connectivity index (χ4n) is 3.81. The molecule has 3 aromatic rings. The van der Waals surface area contributed by atoms with Gasteiger partial charge in [0.2, 0.25) is 6.29 Å². The smallest absolute Gasteiger partial charge is 0.338 e. The summed E-state index contributed by atoms with van der Waals surface area (Å²) < 4.78 is 16.2. The lowest BCUT2D eigenvalue weighted by Crippen LogP contribution is -2.60. The van der Waals surface area contributed by atoms with Crippen molar-refractivity contribution in [2.45, 2.75) is 30.7 Å². The van der Waals surface area contributed by atoms with Crippen LogP contribution in [-0.4, -0.2) is 84.1 Å². The minimum Gasteiger partial charge on any atom is -0.508 e. The minimum atomic E-state index is -1.70. The molecule has 8 N–H and O–H groups in total. The lowest BCUT2D eigenvalue weighted by Gasteiger charge is -2.39. The van der Waals surface area contributed by atoms with E-state index in [9.17, 15) is 45.6 Å². The molecule has 39 heavy (non-hydrogen) atoms. The molecule has 206 valence electrons. The highest BCUT2D eigenvalue weighted by molar-refractivity contribution is 5.91. The Morgan fingerprint density at radius 2 is 1.36 bits per heavy atom. The third-order valence-electron chi connectivity index (χ3n) is 5.88. The molecular weight excluding hydrogens is 516 g/mol. The van der Waals surface area contributed by atoms with Crippen molar-refractivity contribution in [1.29, 1.82) is 0 Å². The zero-order valence-corrected chi connectivity index (χ0v) is 20.2. The number of carbonyl (C=O) groups is 1. The molecule has 3 aromatic carbocycles. The van der Waals surface area contributed by atoms with Gasteiger partial charge in [0.1, 0.15) is 48.3 Å². The molecule has 4 rings (SSSR count). The number of esters is 1. The number of aromatic hydroxyl groups is 5. The van der Waals surface area contributed by atoms with E-state index in [2.05, 4.69) is 0 Å². The fraction of sp³-hybridized carbons (Fsp3) is 0.222. The third-order valence-corrected chi connectivity index (χ3v) is 5.88. The highest BCUT2D eigenvalue weighted by atomic mass is 16.7. The Kier molecular flexibility index (Phi) is 8.12. The van der Waals surface area contributed by atoms with Crippen molar-refractivity contribution >= 4 is 18.1 Å². The summed E-state index contributed by atoms with van der Waals surface area (Å²) in [4.78, 5) is 12.3. The van der Waals surface area contributed by atoms with E-state index in [0.717, 1.165) is 17.7 Å². The van der Waals surface area contributed by atoms with Crippen LogP contribution in [0, 0.1) is 0 Å². The van der Waals surface area contributed by atoms with Gasteiger partial charge in [-0.15, -0.1) is 0 Å². The van der Waals surface area contributed by atoms with Crippen LogP contribution >= 0.6 is 0 Å². The number of carbonyl (C=O) groups excluding carboxylic acids is 1. The Hall–Kier alpha value is -4.49. The lowest BCUT2D eigenvalue weighted by atomic mass is 9.99. The van der Waals surface area contributed by atoms with E-state index < -0.39 is 60.5 Å². The van der Waals surface area contributed by atoms with Gasteiger partial charge in [-0.25, -0.2) is 4.79 Å².